The molecule has 1 aliphatic heterocycles. The molecule has 5 nitrogen and oxygen atoms in total. The van der Waals surface area contributed by atoms with Gasteiger partial charge in [-0.15, -0.1) is 0 Å². The Balaban J connectivity index is 2.14. The van der Waals surface area contributed by atoms with Gasteiger partial charge in [0.05, 0.1) is 11.4 Å². The number of sulfonamides is 1. The van der Waals surface area contributed by atoms with Crippen LogP contribution in [-0.2, 0) is 14.8 Å². The van der Waals surface area contributed by atoms with E-state index >= 15 is 0 Å². The standard InChI is InChI=1S/C15H18N2O3S/c16-11-10-15-20-14-9-5-4-8-13(14)17(21(15,18)19)12-6-2-1-3-7-12/h1-3,5-7,9,15H,4,8,10-11,16H2. The summed E-state index contributed by atoms with van der Waals surface area (Å²) in [4.78, 5) is 0. The first-order valence-corrected chi connectivity index (χ1v) is 8.50. The van der Waals surface area contributed by atoms with E-state index in [1.165, 1.54) is 4.31 Å². The van der Waals surface area contributed by atoms with Gasteiger partial charge in [-0.25, -0.2) is 12.7 Å². The van der Waals surface area contributed by atoms with Crippen LogP contribution in [0.4, 0.5) is 5.69 Å². The van der Waals surface area contributed by atoms with Crippen molar-refractivity contribution < 1.29 is 13.2 Å². The minimum atomic E-state index is -3.61. The first kappa shape index (κ1) is 14.2. The summed E-state index contributed by atoms with van der Waals surface area (Å²) < 4.78 is 32.8. The summed E-state index contributed by atoms with van der Waals surface area (Å²) >= 11 is 0. The van der Waals surface area contributed by atoms with E-state index in [0.29, 0.717) is 23.6 Å². The third-order valence-electron chi connectivity index (χ3n) is 3.58. The third-order valence-corrected chi connectivity index (χ3v) is 5.52. The Morgan fingerprint density at radius 2 is 2.05 bits per heavy atom. The average molecular weight is 306 g/mol. The first-order valence-electron chi connectivity index (χ1n) is 7.00. The van der Waals surface area contributed by atoms with E-state index in [9.17, 15) is 8.42 Å². The minimum Gasteiger partial charge on any atom is -0.471 e. The monoisotopic (exact) mass is 306 g/mol. The number of hydrogen-bond acceptors (Lipinski definition) is 4. The van der Waals surface area contributed by atoms with Gasteiger partial charge in [-0.3, -0.25) is 0 Å². The Morgan fingerprint density at radius 1 is 1.29 bits per heavy atom. The predicted octanol–water partition coefficient (Wildman–Crippen LogP) is 2.09. The van der Waals surface area contributed by atoms with Crippen LogP contribution in [-0.4, -0.2) is 20.4 Å². The van der Waals surface area contributed by atoms with Crippen molar-refractivity contribution in [1.82, 2.24) is 0 Å². The summed E-state index contributed by atoms with van der Waals surface area (Å²) in [5, 5.41) is 0. The predicted molar refractivity (Wildman–Crippen MR) is 81.8 cm³/mol. The van der Waals surface area contributed by atoms with E-state index < -0.39 is 15.5 Å². The van der Waals surface area contributed by atoms with Crippen LogP contribution in [0.2, 0.25) is 0 Å². The fourth-order valence-corrected chi connectivity index (χ4v) is 4.42. The summed E-state index contributed by atoms with van der Waals surface area (Å²) in [5.41, 5.74) is 5.96. The topological polar surface area (TPSA) is 72.6 Å². The van der Waals surface area contributed by atoms with E-state index in [4.69, 9.17) is 10.5 Å². The van der Waals surface area contributed by atoms with Gasteiger partial charge in [0.15, 0.2) is 0 Å². The van der Waals surface area contributed by atoms with E-state index in [1.807, 2.05) is 30.4 Å². The van der Waals surface area contributed by atoms with Crippen molar-refractivity contribution in [2.45, 2.75) is 24.7 Å². The summed E-state index contributed by atoms with van der Waals surface area (Å²) in [6.07, 6.45) is 5.58. The molecule has 1 heterocycles. The van der Waals surface area contributed by atoms with Crippen LogP contribution in [0.1, 0.15) is 19.3 Å². The Kier molecular flexibility index (Phi) is 3.73. The number of rotatable bonds is 3. The molecular formula is C15H18N2O3S. The molecule has 6 heteroatoms. The molecule has 0 amide bonds. The molecule has 1 aliphatic carbocycles. The van der Waals surface area contributed by atoms with Gasteiger partial charge in [0.25, 0.3) is 10.0 Å². The highest BCUT2D eigenvalue weighted by Gasteiger charge is 2.41. The molecule has 112 valence electrons. The molecule has 0 spiro atoms. The first-order chi connectivity index (χ1) is 10.1. The van der Waals surface area contributed by atoms with Crippen molar-refractivity contribution in [1.29, 1.82) is 0 Å². The summed E-state index contributed by atoms with van der Waals surface area (Å²) in [5.74, 6) is 0.637. The lowest BCUT2D eigenvalue weighted by molar-refractivity contribution is 0.171. The van der Waals surface area contributed by atoms with Crippen molar-refractivity contribution in [3.8, 4) is 0 Å². The lowest BCUT2D eigenvalue weighted by Crippen LogP contribution is -2.45. The van der Waals surface area contributed by atoms with Gasteiger partial charge in [-0.05, 0) is 37.6 Å². The number of para-hydroxylation sites is 1. The summed E-state index contributed by atoms with van der Waals surface area (Å²) in [7, 11) is -3.61. The second kappa shape index (κ2) is 5.54. The molecule has 1 aromatic carbocycles. The van der Waals surface area contributed by atoms with Gasteiger partial charge in [0.1, 0.15) is 5.76 Å². The van der Waals surface area contributed by atoms with Crippen molar-refractivity contribution in [2.75, 3.05) is 10.8 Å². The maximum Gasteiger partial charge on any atom is 0.277 e. The molecule has 1 unspecified atom stereocenters. The number of nitrogens with zero attached hydrogens (tertiary/aromatic N) is 1. The number of ether oxygens (including phenoxy) is 1. The summed E-state index contributed by atoms with van der Waals surface area (Å²) in [6.45, 7) is 0.263. The van der Waals surface area contributed by atoms with Crippen LogP contribution in [0.5, 0.6) is 0 Å². The van der Waals surface area contributed by atoms with Crippen molar-refractivity contribution in [3.63, 3.8) is 0 Å². The van der Waals surface area contributed by atoms with Crippen LogP contribution in [0.25, 0.3) is 0 Å². The second-order valence-corrected chi connectivity index (χ2v) is 6.94. The number of allylic oxidation sites excluding steroid dienone is 3. The maximum atomic E-state index is 12.8. The van der Waals surface area contributed by atoms with Crippen LogP contribution < -0.4 is 10.0 Å². The molecule has 0 saturated heterocycles. The highest BCUT2D eigenvalue weighted by molar-refractivity contribution is 7.93. The van der Waals surface area contributed by atoms with E-state index in [0.717, 1.165) is 6.42 Å². The summed E-state index contributed by atoms with van der Waals surface area (Å²) in [6, 6.07) is 9.12. The largest absolute Gasteiger partial charge is 0.471 e. The Morgan fingerprint density at radius 3 is 2.76 bits per heavy atom. The molecule has 0 aromatic heterocycles. The lowest BCUT2D eigenvalue weighted by Gasteiger charge is -2.37. The van der Waals surface area contributed by atoms with Crippen molar-refractivity contribution in [2.24, 2.45) is 5.73 Å². The highest BCUT2D eigenvalue weighted by Crippen LogP contribution is 2.38. The molecule has 0 bridgehead atoms. The number of hydrogen-bond donors (Lipinski definition) is 1. The quantitative estimate of drug-likeness (QED) is 0.928. The van der Waals surface area contributed by atoms with Crippen LogP contribution in [0.15, 0.2) is 53.9 Å². The molecule has 1 aromatic rings. The maximum absolute atomic E-state index is 12.8. The van der Waals surface area contributed by atoms with Crippen molar-refractivity contribution in [3.05, 3.63) is 53.9 Å². The molecule has 3 rings (SSSR count). The Labute approximate surface area is 124 Å². The molecule has 2 N–H and O–H groups in total. The number of anilines is 1. The zero-order valence-electron chi connectivity index (χ0n) is 11.6. The van der Waals surface area contributed by atoms with Crippen molar-refractivity contribution >= 4 is 15.7 Å². The molecule has 0 radical (unpaired) electrons. The fraction of sp³-hybridized carbons (Fsp3) is 0.333. The molecule has 0 fully saturated rings. The van der Waals surface area contributed by atoms with E-state index in [-0.39, 0.29) is 13.0 Å². The number of benzene rings is 1. The van der Waals surface area contributed by atoms with Gasteiger partial charge >= 0.3 is 0 Å². The Hall–Kier alpha value is -1.79. The molecule has 1 atom stereocenters. The van der Waals surface area contributed by atoms with Gasteiger partial charge in [-0.2, -0.15) is 0 Å². The molecular weight excluding hydrogens is 288 g/mol. The minimum absolute atomic E-state index is 0.263. The molecule has 0 saturated carbocycles. The third kappa shape index (κ3) is 2.45. The second-order valence-electron chi connectivity index (χ2n) is 5.02. The zero-order valence-corrected chi connectivity index (χ0v) is 12.4. The lowest BCUT2D eigenvalue weighted by atomic mass is 10.1. The SMILES string of the molecule is NCCC1OC2=C(CCC=C2)N(c2ccccc2)S1(=O)=O. The van der Waals surface area contributed by atoms with E-state index in [2.05, 4.69) is 0 Å². The average Bonchev–Trinajstić information content (AvgIpc) is 2.49. The van der Waals surface area contributed by atoms with Gasteiger partial charge < -0.3 is 10.5 Å². The zero-order chi connectivity index (χ0) is 14.9. The highest BCUT2D eigenvalue weighted by atomic mass is 32.2. The normalized spacial score (nSPS) is 23.7. The Bertz CT molecular complexity index is 680. The number of nitrogens with two attached hydrogens (primary N) is 1. The smallest absolute Gasteiger partial charge is 0.277 e. The van der Waals surface area contributed by atoms with E-state index in [1.54, 1.807) is 12.1 Å². The van der Waals surface area contributed by atoms with Gasteiger partial charge in [0.2, 0.25) is 5.44 Å². The van der Waals surface area contributed by atoms with Crippen LogP contribution >= 0.6 is 0 Å². The molecule has 21 heavy (non-hydrogen) atoms. The molecule has 2 aliphatic rings. The van der Waals surface area contributed by atoms with Gasteiger partial charge in [-0.1, -0.05) is 24.3 Å². The van der Waals surface area contributed by atoms with Crippen LogP contribution in [0, 0.1) is 0 Å². The van der Waals surface area contributed by atoms with Gasteiger partial charge in [0, 0.05) is 6.42 Å². The fourth-order valence-electron chi connectivity index (χ4n) is 2.62. The van der Waals surface area contributed by atoms with Crippen LogP contribution in [0.3, 0.4) is 0 Å².